The van der Waals surface area contributed by atoms with Gasteiger partial charge in [0.2, 0.25) is 5.91 Å². The van der Waals surface area contributed by atoms with Crippen LogP contribution >= 0.6 is 23.1 Å². The van der Waals surface area contributed by atoms with Crippen LogP contribution in [0.4, 0.5) is 10.1 Å². The second kappa shape index (κ2) is 7.44. The summed E-state index contributed by atoms with van der Waals surface area (Å²) >= 11 is 3.02. The highest BCUT2D eigenvalue weighted by atomic mass is 32.2. The molecule has 1 amide bonds. The van der Waals surface area contributed by atoms with Crippen LogP contribution in [-0.2, 0) is 4.79 Å². The van der Waals surface area contributed by atoms with Gasteiger partial charge >= 0.3 is 0 Å². The first-order valence-electron chi connectivity index (χ1n) is 7.03. The van der Waals surface area contributed by atoms with Crippen LogP contribution in [0.3, 0.4) is 0 Å². The van der Waals surface area contributed by atoms with E-state index >= 15 is 0 Å². The van der Waals surface area contributed by atoms with E-state index in [9.17, 15) is 9.18 Å². The van der Waals surface area contributed by atoms with Crippen LogP contribution in [0.25, 0.3) is 10.4 Å². The summed E-state index contributed by atoms with van der Waals surface area (Å²) in [7, 11) is 0. The quantitative estimate of drug-likeness (QED) is 0.638. The molecule has 0 aliphatic heterocycles. The Labute approximate surface area is 142 Å². The average Bonchev–Trinajstić information content (AvgIpc) is 3.09. The van der Waals surface area contributed by atoms with Crippen molar-refractivity contribution in [2.24, 2.45) is 0 Å². The molecule has 1 aromatic heterocycles. The van der Waals surface area contributed by atoms with E-state index in [4.69, 9.17) is 0 Å². The number of halogens is 1. The van der Waals surface area contributed by atoms with E-state index in [-0.39, 0.29) is 17.5 Å². The number of amides is 1. The molecule has 0 spiro atoms. The van der Waals surface area contributed by atoms with Gasteiger partial charge in [-0.2, -0.15) is 0 Å². The van der Waals surface area contributed by atoms with Crippen LogP contribution in [0.2, 0.25) is 0 Å². The summed E-state index contributed by atoms with van der Waals surface area (Å²) < 4.78 is 12.9. The topological polar surface area (TPSA) is 29.1 Å². The van der Waals surface area contributed by atoms with Crippen molar-refractivity contribution in [3.05, 3.63) is 71.9 Å². The first-order chi connectivity index (χ1) is 11.2. The third-order valence-corrected chi connectivity index (χ3v) is 5.09. The van der Waals surface area contributed by atoms with E-state index in [1.165, 1.54) is 23.9 Å². The number of carbonyl (C=O) groups excluding carboxylic acids is 1. The number of carbonyl (C=O) groups is 1. The fourth-order valence-electron chi connectivity index (χ4n) is 2.10. The molecule has 0 fully saturated rings. The van der Waals surface area contributed by atoms with Gasteiger partial charge in [-0.05, 0) is 41.8 Å². The third kappa shape index (κ3) is 4.21. The number of para-hydroxylation sites is 1. The predicted molar refractivity (Wildman–Crippen MR) is 95.5 cm³/mol. The monoisotopic (exact) mass is 343 g/mol. The van der Waals surface area contributed by atoms with Crippen molar-refractivity contribution in [2.45, 2.75) is 4.90 Å². The van der Waals surface area contributed by atoms with Gasteiger partial charge in [-0.15, -0.1) is 23.1 Å². The first kappa shape index (κ1) is 15.8. The zero-order valence-corrected chi connectivity index (χ0v) is 13.8. The molecule has 1 heterocycles. The Morgan fingerprint density at radius 2 is 1.83 bits per heavy atom. The molecule has 116 valence electrons. The lowest BCUT2D eigenvalue weighted by atomic mass is 10.1. The first-order valence-corrected chi connectivity index (χ1v) is 8.90. The van der Waals surface area contributed by atoms with E-state index in [1.807, 2.05) is 41.8 Å². The van der Waals surface area contributed by atoms with Crippen molar-refractivity contribution in [1.29, 1.82) is 0 Å². The molecule has 0 aliphatic rings. The number of thiophene rings is 1. The SMILES string of the molecule is O=C(CSc1ccc(F)cc1)Nc1ccccc1-c1cccs1. The molecule has 3 rings (SSSR count). The minimum absolute atomic E-state index is 0.0802. The number of benzene rings is 2. The summed E-state index contributed by atoms with van der Waals surface area (Å²) in [6.45, 7) is 0. The molecule has 23 heavy (non-hydrogen) atoms. The molecule has 1 N–H and O–H groups in total. The molecule has 5 heteroatoms. The number of hydrogen-bond acceptors (Lipinski definition) is 3. The van der Waals surface area contributed by atoms with Crippen molar-refractivity contribution < 1.29 is 9.18 Å². The average molecular weight is 343 g/mol. The second-order valence-corrected chi connectivity index (χ2v) is 6.81. The van der Waals surface area contributed by atoms with Gasteiger partial charge in [-0.1, -0.05) is 24.3 Å². The summed E-state index contributed by atoms with van der Waals surface area (Å²) in [5.41, 5.74) is 1.82. The smallest absolute Gasteiger partial charge is 0.234 e. The Morgan fingerprint density at radius 3 is 2.57 bits per heavy atom. The minimum atomic E-state index is -0.274. The molecule has 3 aromatic rings. The molecule has 0 saturated heterocycles. The van der Waals surface area contributed by atoms with Gasteiger partial charge in [0, 0.05) is 21.0 Å². The highest BCUT2D eigenvalue weighted by molar-refractivity contribution is 8.00. The van der Waals surface area contributed by atoms with Gasteiger partial charge < -0.3 is 5.32 Å². The molecule has 2 nitrogen and oxygen atoms in total. The van der Waals surface area contributed by atoms with Gasteiger partial charge in [0.25, 0.3) is 0 Å². The molecule has 0 radical (unpaired) electrons. The largest absolute Gasteiger partial charge is 0.325 e. The molecular formula is C18H14FNOS2. The lowest BCUT2D eigenvalue weighted by molar-refractivity contribution is -0.113. The van der Waals surface area contributed by atoms with Crippen molar-refractivity contribution in [3.63, 3.8) is 0 Å². The normalized spacial score (nSPS) is 10.5. The lowest BCUT2D eigenvalue weighted by Crippen LogP contribution is -2.14. The van der Waals surface area contributed by atoms with Crippen molar-refractivity contribution in [3.8, 4) is 10.4 Å². The zero-order valence-electron chi connectivity index (χ0n) is 12.2. The summed E-state index contributed by atoms with van der Waals surface area (Å²) in [6.07, 6.45) is 0. The highest BCUT2D eigenvalue weighted by Crippen LogP contribution is 2.31. The van der Waals surface area contributed by atoms with Crippen LogP contribution in [0.1, 0.15) is 0 Å². The third-order valence-electron chi connectivity index (χ3n) is 3.17. The molecule has 0 saturated carbocycles. The molecule has 0 atom stereocenters. The van der Waals surface area contributed by atoms with E-state index in [2.05, 4.69) is 5.32 Å². The summed E-state index contributed by atoms with van der Waals surface area (Å²) in [6, 6.07) is 17.9. The van der Waals surface area contributed by atoms with Crippen LogP contribution in [-0.4, -0.2) is 11.7 Å². The highest BCUT2D eigenvalue weighted by Gasteiger charge is 2.09. The summed E-state index contributed by atoms with van der Waals surface area (Å²) in [5, 5.41) is 4.97. The Bertz CT molecular complexity index is 785. The van der Waals surface area contributed by atoms with Gasteiger partial charge in [0.1, 0.15) is 5.82 Å². The fraction of sp³-hybridized carbons (Fsp3) is 0.0556. The van der Waals surface area contributed by atoms with E-state index in [0.29, 0.717) is 0 Å². The number of nitrogens with one attached hydrogen (secondary N) is 1. The molecule has 2 aromatic carbocycles. The Balaban J connectivity index is 1.65. The van der Waals surface area contributed by atoms with Crippen LogP contribution in [0, 0.1) is 5.82 Å². The van der Waals surface area contributed by atoms with Crippen LogP contribution < -0.4 is 5.32 Å². The number of rotatable bonds is 5. The molecule has 0 unspecified atom stereocenters. The van der Waals surface area contributed by atoms with E-state index < -0.39 is 0 Å². The van der Waals surface area contributed by atoms with Crippen molar-refractivity contribution >= 4 is 34.7 Å². The number of anilines is 1. The van der Waals surface area contributed by atoms with Gasteiger partial charge in [-0.3, -0.25) is 4.79 Å². The zero-order chi connectivity index (χ0) is 16.1. The second-order valence-electron chi connectivity index (χ2n) is 4.81. The summed E-state index contributed by atoms with van der Waals surface area (Å²) in [4.78, 5) is 14.2. The van der Waals surface area contributed by atoms with Crippen molar-refractivity contribution in [1.82, 2.24) is 0 Å². The van der Waals surface area contributed by atoms with Crippen LogP contribution in [0.15, 0.2) is 70.9 Å². The molecular weight excluding hydrogens is 329 g/mol. The van der Waals surface area contributed by atoms with E-state index in [0.717, 1.165) is 21.0 Å². The molecule has 0 aliphatic carbocycles. The molecule has 0 bridgehead atoms. The standard InChI is InChI=1S/C18H14FNOS2/c19-13-7-9-14(10-8-13)23-12-18(21)20-16-5-2-1-4-15(16)17-6-3-11-22-17/h1-11H,12H2,(H,20,21). The van der Waals surface area contributed by atoms with Gasteiger partial charge in [0.05, 0.1) is 5.75 Å². The van der Waals surface area contributed by atoms with E-state index in [1.54, 1.807) is 23.5 Å². The van der Waals surface area contributed by atoms with Crippen molar-refractivity contribution in [2.75, 3.05) is 11.1 Å². The Kier molecular flexibility index (Phi) is 5.10. The van der Waals surface area contributed by atoms with Crippen LogP contribution in [0.5, 0.6) is 0 Å². The summed E-state index contributed by atoms with van der Waals surface area (Å²) in [5.74, 6) is -0.0725. The fourth-order valence-corrected chi connectivity index (χ4v) is 3.57. The number of thioether (sulfide) groups is 1. The maximum atomic E-state index is 12.9. The van der Waals surface area contributed by atoms with Gasteiger partial charge in [-0.25, -0.2) is 4.39 Å². The maximum absolute atomic E-state index is 12.9. The number of hydrogen-bond donors (Lipinski definition) is 1. The minimum Gasteiger partial charge on any atom is -0.325 e. The maximum Gasteiger partial charge on any atom is 0.234 e. The predicted octanol–water partition coefficient (Wildman–Crippen LogP) is 5.29. The Hall–Kier alpha value is -2.11. The van der Waals surface area contributed by atoms with Gasteiger partial charge in [0.15, 0.2) is 0 Å². The lowest BCUT2D eigenvalue weighted by Gasteiger charge is -2.10. The Morgan fingerprint density at radius 1 is 1.04 bits per heavy atom.